The standard InChI is InChI=1S/C24H20Cl2N4OS/c1-15-3-10-20(13-16(15)2)27-22(31)14-32-24-29-28-23(17-4-6-18(25)7-5-17)30(24)21-11-8-19(26)9-12-21/h3-13H,14H2,1-2H3,(H,27,31). The lowest BCUT2D eigenvalue weighted by Crippen LogP contribution is -2.14. The second-order valence-electron chi connectivity index (χ2n) is 7.26. The maximum Gasteiger partial charge on any atom is 0.234 e. The molecule has 4 aromatic rings. The van der Waals surface area contributed by atoms with Crippen molar-refractivity contribution in [2.24, 2.45) is 0 Å². The van der Waals surface area contributed by atoms with Crippen molar-refractivity contribution >= 4 is 46.6 Å². The maximum absolute atomic E-state index is 12.6. The van der Waals surface area contributed by atoms with Crippen LogP contribution in [0, 0.1) is 13.8 Å². The van der Waals surface area contributed by atoms with Crippen LogP contribution in [0.4, 0.5) is 5.69 Å². The molecule has 0 aliphatic rings. The minimum Gasteiger partial charge on any atom is -0.325 e. The first kappa shape index (κ1) is 22.4. The van der Waals surface area contributed by atoms with Crippen LogP contribution in [0.15, 0.2) is 71.9 Å². The fraction of sp³-hybridized carbons (Fsp3) is 0.125. The average Bonchev–Trinajstić information content (AvgIpc) is 3.20. The smallest absolute Gasteiger partial charge is 0.234 e. The second kappa shape index (κ2) is 9.77. The Bertz CT molecular complexity index is 1250. The normalized spacial score (nSPS) is 10.9. The minimum atomic E-state index is -0.114. The molecule has 0 atom stereocenters. The van der Waals surface area contributed by atoms with Crippen molar-refractivity contribution in [1.29, 1.82) is 0 Å². The number of amides is 1. The number of nitrogens with one attached hydrogen (secondary N) is 1. The summed E-state index contributed by atoms with van der Waals surface area (Å²) in [6.07, 6.45) is 0. The summed E-state index contributed by atoms with van der Waals surface area (Å²) in [6.45, 7) is 4.06. The summed E-state index contributed by atoms with van der Waals surface area (Å²) in [4.78, 5) is 12.6. The van der Waals surface area contributed by atoms with Crippen molar-refractivity contribution in [1.82, 2.24) is 14.8 Å². The Morgan fingerprint density at radius 1 is 0.906 bits per heavy atom. The zero-order valence-electron chi connectivity index (χ0n) is 17.5. The van der Waals surface area contributed by atoms with Crippen molar-refractivity contribution in [2.75, 3.05) is 11.1 Å². The first-order valence-corrected chi connectivity index (χ1v) is 11.6. The van der Waals surface area contributed by atoms with Gasteiger partial charge in [-0.2, -0.15) is 0 Å². The number of hydrogen-bond donors (Lipinski definition) is 1. The predicted molar refractivity (Wildman–Crippen MR) is 132 cm³/mol. The Morgan fingerprint density at radius 2 is 1.56 bits per heavy atom. The zero-order chi connectivity index (χ0) is 22.7. The van der Waals surface area contributed by atoms with Gasteiger partial charge < -0.3 is 5.32 Å². The molecule has 0 aliphatic heterocycles. The maximum atomic E-state index is 12.6. The third-order valence-electron chi connectivity index (χ3n) is 4.94. The number of halogens is 2. The number of benzene rings is 3. The molecule has 162 valence electrons. The Labute approximate surface area is 200 Å². The molecule has 3 aromatic carbocycles. The molecule has 0 fully saturated rings. The predicted octanol–water partition coefficient (Wildman–Crippen LogP) is 6.59. The summed E-state index contributed by atoms with van der Waals surface area (Å²) in [5.41, 5.74) is 4.80. The SMILES string of the molecule is Cc1ccc(NC(=O)CSc2nnc(-c3ccc(Cl)cc3)n2-c2ccc(Cl)cc2)cc1C. The van der Waals surface area contributed by atoms with Gasteiger partial charge in [-0.3, -0.25) is 9.36 Å². The van der Waals surface area contributed by atoms with Gasteiger partial charge in [0.05, 0.1) is 5.75 Å². The van der Waals surface area contributed by atoms with E-state index in [1.54, 1.807) is 0 Å². The van der Waals surface area contributed by atoms with Crippen LogP contribution in [-0.4, -0.2) is 26.4 Å². The van der Waals surface area contributed by atoms with E-state index < -0.39 is 0 Å². The van der Waals surface area contributed by atoms with Crippen molar-refractivity contribution in [3.63, 3.8) is 0 Å². The molecular weight excluding hydrogens is 463 g/mol. The number of carbonyl (C=O) groups is 1. The van der Waals surface area contributed by atoms with Crippen molar-refractivity contribution in [2.45, 2.75) is 19.0 Å². The molecule has 0 spiro atoms. The van der Waals surface area contributed by atoms with E-state index in [2.05, 4.69) is 15.5 Å². The highest BCUT2D eigenvalue weighted by Gasteiger charge is 2.17. The Kier molecular flexibility index (Phi) is 6.84. The number of anilines is 1. The van der Waals surface area contributed by atoms with Gasteiger partial charge in [0.1, 0.15) is 0 Å². The van der Waals surface area contributed by atoms with E-state index >= 15 is 0 Å². The molecule has 1 heterocycles. The molecule has 0 saturated carbocycles. The quantitative estimate of drug-likeness (QED) is 0.315. The van der Waals surface area contributed by atoms with Crippen LogP contribution in [0.1, 0.15) is 11.1 Å². The molecular formula is C24H20Cl2N4OS. The van der Waals surface area contributed by atoms with Gasteiger partial charge in [0.25, 0.3) is 0 Å². The van der Waals surface area contributed by atoms with E-state index in [1.807, 2.05) is 85.1 Å². The molecule has 4 rings (SSSR count). The fourth-order valence-electron chi connectivity index (χ4n) is 3.12. The van der Waals surface area contributed by atoms with E-state index in [4.69, 9.17) is 23.2 Å². The van der Waals surface area contributed by atoms with E-state index in [9.17, 15) is 4.79 Å². The van der Waals surface area contributed by atoms with Gasteiger partial charge in [0, 0.05) is 27.0 Å². The molecule has 0 saturated heterocycles. The van der Waals surface area contributed by atoms with Crippen LogP contribution in [0.2, 0.25) is 10.0 Å². The molecule has 0 unspecified atom stereocenters. The van der Waals surface area contributed by atoms with Crippen molar-refractivity contribution in [3.8, 4) is 17.1 Å². The summed E-state index contributed by atoms with van der Waals surface area (Å²) in [7, 11) is 0. The van der Waals surface area contributed by atoms with Gasteiger partial charge in [-0.1, -0.05) is 41.0 Å². The number of aromatic nitrogens is 3. The average molecular weight is 483 g/mol. The lowest BCUT2D eigenvalue weighted by atomic mass is 10.1. The first-order valence-electron chi connectivity index (χ1n) is 9.88. The molecule has 0 radical (unpaired) electrons. The van der Waals surface area contributed by atoms with Crippen LogP contribution in [0.3, 0.4) is 0 Å². The molecule has 1 amide bonds. The molecule has 1 aromatic heterocycles. The highest BCUT2D eigenvalue weighted by atomic mass is 35.5. The summed E-state index contributed by atoms with van der Waals surface area (Å²) in [6, 6.07) is 20.7. The van der Waals surface area contributed by atoms with Gasteiger partial charge >= 0.3 is 0 Å². The Balaban J connectivity index is 1.59. The third-order valence-corrected chi connectivity index (χ3v) is 6.38. The molecule has 0 aliphatic carbocycles. The number of aryl methyl sites for hydroxylation is 2. The number of rotatable bonds is 6. The Hall–Kier alpha value is -2.80. The second-order valence-corrected chi connectivity index (χ2v) is 9.08. The van der Waals surface area contributed by atoms with Gasteiger partial charge in [-0.15, -0.1) is 10.2 Å². The topological polar surface area (TPSA) is 59.8 Å². The number of nitrogens with zero attached hydrogens (tertiary/aromatic N) is 3. The minimum absolute atomic E-state index is 0.114. The molecule has 32 heavy (non-hydrogen) atoms. The van der Waals surface area contributed by atoms with E-state index in [0.29, 0.717) is 21.0 Å². The van der Waals surface area contributed by atoms with Gasteiger partial charge in [0.2, 0.25) is 5.91 Å². The van der Waals surface area contributed by atoms with E-state index in [-0.39, 0.29) is 11.7 Å². The summed E-state index contributed by atoms with van der Waals surface area (Å²) < 4.78 is 1.91. The molecule has 1 N–H and O–H groups in total. The first-order chi connectivity index (χ1) is 15.4. The Morgan fingerprint density at radius 3 is 2.22 bits per heavy atom. The summed E-state index contributed by atoms with van der Waals surface area (Å²) in [5.74, 6) is 0.734. The van der Waals surface area contributed by atoms with Crippen LogP contribution in [0.25, 0.3) is 17.1 Å². The van der Waals surface area contributed by atoms with Gasteiger partial charge in [-0.05, 0) is 85.6 Å². The molecule has 5 nitrogen and oxygen atoms in total. The van der Waals surface area contributed by atoms with Crippen LogP contribution >= 0.6 is 35.0 Å². The van der Waals surface area contributed by atoms with E-state index in [1.165, 1.54) is 17.3 Å². The van der Waals surface area contributed by atoms with Crippen molar-refractivity contribution < 1.29 is 4.79 Å². The van der Waals surface area contributed by atoms with Crippen LogP contribution < -0.4 is 5.32 Å². The molecule has 8 heteroatoms. The number of thioether (sulfide) groups is 1. The largest absolute Gasteiger partial charge is 0.325 e. The van der Waals surface area contributed by atoms with Crippen molar-refractivity contribution in [3.05, 3.63) is 87.9 Å². The highest BCUT2D eigenvalue weighted by molar-refractivity contribution is 7.99. The monoisotopic (exact) mass is 482 g/mol. The van der Waals surface area contributed by atoms with Crippen LogP contribution in [0.5, 0.6) is 0 Å². The lowest BCUT2D eigenvalue weighted by molar-refractivity contribution is -0.113. The van der Waals surface area contributed by atoms with Gasteiger partial charge in [-0.25, -0.2) is 0 Å². The zero-order valence-corrected chi connectivity index (χ0v) is 19.8. The van der Waals surface area contributed by atoms with E-state index in [0.717, 1.165) is 22.5 Å². The number of hydrogen-bond acceptors (Lipinski definition) is 4. The number of carbonyl (C=O) groups excluding carboxylic acids is 1. The fourth-order valence-corrected chi connectivity index (χ4v) is 4.12. The highest BCUT2D eigenvalue weighted by Crippen LogP contribution is 2.29. The summed E-state index contributed by atoms with van der Waals surface area (Å²) in [5, 5.41) is 13.6. The summed E-state index contributed by atoms with van der Waals surface area (Å²) >= 11 is 13.4. The third kappa shape index (κ3) is 5.15. The lowest BCUT2D eigenvalue weighted by Gasteiger charge is -2.11. The molecule has 0 bridgehead atoms. The van der Waals surface area contributed by atoms with Crippen LogP contribution in [-0.2, 0) is 4.79 Å². The van der Waals surface area contributed by atoms with Gasteiger partial charge in [0.15, 0.2) is 11.0 Å².